The van der Waals surface area contributed by atoms with Crippen LogP contribution in [0.4, 0.5) is 0 Å². The van der Waals surface area contributed by atoms with Crippen LogP contribution in [0.15, 0.2) is 23.2 Å². The van der Waals surface area contributed by atoms with Gasteiger partial charge in [-0.3, -0.25) is 0 Å². The molecule has 2 aliphatic rings. The number of phenols is 1. The lowest BCUT2D eigenvalue weighted by atomic mass is 9.92. The van der Waals surface area contributed by atoms with Crippen LogP contribution in [0.2, 0.25) is 0 Å². The summed E-state index contributed by atoms with van der Waals surface area (Å²) in [6.45, 7) is 5.82. The summed E-state index contributed by atoms with van der Waals surface area (Å²) in [4.78, 5) is 7.42. The second-order valence-electron chi connectivity index (χ2n) is 7.95. The van der Waals surface area contributed by atoms with Crippen molar-refractivity contribution in [3.05, 3.63) is 23.8 Å². The molecule has 0 radical (unpaired) electrons. The normalized spacial score (nSPS) is 20.1. The number of nitrogens with one attached hydrogen (secondary N) is 2. The number of likely N-dealkylation sites (tertiary alicyclic amines) is 1. The molecule has 28 heavy (non-hydrogen) atoms. The third kappa shape index (κ3) is 5.77. The Morgan fingerprint density at radius 1 is 1.18 bits per heavy atom. The number of aliphatic imine (C=N–C) groups is 1. The monoisotopic (exact) mass is 388 g/mol. The van der Waals surface area contributed by atoms with Gasteiger partial charge in [-0.15, -0.1) is 0 Å². The third-order valence-corrected chi connectivity index (χ3v) is 5.97. The van der Waals surface area contributed by atoms with E-state index in [-0.39, 0.29) is 5.75 Å². The molecule has 0 aromatic heterocycles. The second kappa shape index (κ2) is 10.6. The zero-order valence-electron chi connectivity index (χ0n) is 17.4. The molecule has 1 heterocycles. The van der Waals surface area contributed by atoms with Gasteiger partial charge < -0.3 is 25.4 Å². The molecule has 2 fully saturated rings. The molecule has 1 aliphatic carbocycles. The summed E-state index contributed by atoms with van der Waals surface area (Å²) >= 11 is 0. The fourth-order valence-electron chi connectivity index (χ4n) is 4.37. The van der Waals surface area contributed by atoms with Crippen molar-refractivity contribution in [1.82, 2.24) is 15.5 Å². The Bertz CT molecular complexity index is 635. The fraction of sp³-hybridized carbons (Fsp3) is 0.682. The summed E-state index contributed by atoms with van der Waals surface area (Å²) in [6, 6.07) is 6.73. The Labute approximate surface area is 169 Å². The lowest BCUT2D eigenvalue weighted by Gasteiger charge is -2.39. The van der Waals surface area contributed by atoms with E-state index in [0.29, 0.717) is 18.3 Å². The number of phenolic OH excluding ortho intramolecular Hbond substituents is 1. The average Bonchev–Trinajstić information content (AvgIpc) is 2.73. The van der Waals surface area contributed by atoms with Gasteiger partial charge in [-0.05, 0) is 50.3 Å². The summed E-state index contributed by atoms with van der Waals surface area (Å²) in [5, 5.41) is 16.9. The molecule has 1 aliphatic heterocycles. The van der Waals surface area contributed by atoms with Crippen molar-refractivity contribution >= 4 is 5.96 Å². The Hall–Kier alpha value is -1.95. The number of hydrogen-bond acceptors (Lipinski definition) is 4. The van der Waals surface area contributed by atoms with Crippen molar-refractivity contribution < 1.29 is 9.84 Å². The highest BCUT2D eigenvalue weighted by Crippen LogP contribution is 2.27. The molecular weight excluding hydrogens is 352 g/mol. The van der Waals surface area contributed by atoms with Gasteiger partial charge in [0.15, 0.2) is 17.5 Å². The summed E-state index contributed by atoms with van der Waals surface area (Å²) < 4.78 is 5.10. The molecule has 156 valence electrons. The standard InChI is InChI=1S/C22H36N4O2/c1-3-23-22(24-16-17-9-10-21(28-2)20(27)15-17)25-18-11-13-26(14-12-18)19-7-5-4-6-8-19/h9-10,15,18-19,27H,3-8,11-14,16H2,1-2H3,(H2,23,24,25). The summed E-state index contributed by atoms with van der Waals surface area (Å²) in [5.74, 6) is 1.50. The highest BCUT2D eigenvalue weighted by Gasteiger charge is 2.26. The maximum absolute atomic E-state index is 9.94. The number of aromatic hydroxyl groups is 1. The molecule has 0 spiro atoms. The van der Waals surface area contributed by atoms with Crippen LogP contribution in [-0.2, 0) is 6.54 Å². The third-order valence-electron chi connectivity index (χ3n) is 5.97. The highest BCUT2D eigenvalue weighted by atomic mass is 16.5. The highest BCUT2D eigenvalue weighted by molar-refractivity contribution is 5.80. The molecule has 1 aromatic carbocycles. The number of hydrogen-bond donors (Lipinski definition) is 3. The van der Waals surface area contributed by atoms with Crippen LogP contribution in [0.3, 0.4) is 0 Å². The SMILES string of the molecule is CCNC(=NCc1ccc(OC)c(O)c1)NC1CCN(C2CCCCC2)CC1. The van der Waals surface area contributed by atoms with Gasteiger partial charge in [0.25, 0.3) is 0 Å². The molecule has 0 unspecified atom stereocenters. The maximum Gasteiger partial charge on any atom is 0.191 e. The van der Waals surface area contributed by atoms with Crippen molar-refractivity contribution in [2.24, 2.45) is 4.99 Å². The molecule has 1 aromatic rings. The van der Waals surface area contributed by atoms with Gasteiger partial charge in [0, 0.05) is 31.7 Å². The van der Waals surface area contributed by atoms with E-state index in [9.17, 15) is 5.11 Å². The van der Waals surface area contributed by atoms with Crippen molar-refractivity contribution in [2.45, 2.75) is 70.5 Å². The lowest BCUT2D eigenvalue weighted by molar-refractivity contribution is 0.119. The molecule has 1 saturated heterocycles. The zero-order valence-corrected chi connectivity index (χ0v) is 17.4. The molecule has 1 saturated carbocycles. The molecule has 6 nitrogen and oxygen atoms in total. The number of guanidine groups is 1. The number of piperidine rings is 1. The van der Waals surface area contributed by atoms with Gasteiger partial charge in [0.05, 0.1) is 13.7 Å². The number of benzene rings is 1. The first-order valence-electron chi connectivity index (χ1n) is 10.8. The largest absolute Gasteiger partial charge is 0.504 e. The van der Waals surface area contributed by atoms with Gasteiger partial charge in [-0.1, -0.05) is 25.3 Å². The lowest BCUT2D eigenvalue weighted by Crippen LogP contribution is -2.50. The molecular formula is C22H36N4O2. The van der Waals surface area contributed by atoms with Crippen molar-refractivity contribution in [3.63, 3.8) is 0 Å². The van der Waals surface area contributed by atoms with E-state index in [1.807, 2.05) is 6.07 Å². The van der Waals surface area contributed by atoms with Crippen LogP contribution in [0.25, 0.3) is 0 Å². The number of rotatable bonds is 6. The smallest absolute Gasteiger partial charge is 0.191 e. The van der Waals surface area contributed by atoms with E-state index in [1.54, 1.807) is 19.2 Å². The average molecular weight is 389 g/mol. The Kier molecular flexibility index (Phi) is 7.83. The van der Waals surface area contributed by atoms with E-state index in [4.69, 9.17) is 9.73 Å². The Balaban J connectivity index is 1.51. The predicted molar refractivity (Wildman–Crippen MR) is 114 cm³/mol. The minimum Gasteiger partial charge on any atom is -0.504 e. The van der Waals surface area contributed by atoms with Crippen LogP contribution < -0.4 is 15.4 Å². The fourth-order valence-corrected chi connectivity index (χ4v) is 4.37. The number of ether oxygens (including phenoxy) is 1. The summed E-state index contributed by atoms with van der Waals surface area (Å²) in [5.41, 5.74) is 0.961. The van der Waals surface area contributed by atoms with E-state index in [0.717, 1.165) is 24.1 Å². The zero-order chi connectivity index (χ0) is 19.8. The Morgan fingerprint density at radius 2 is 1.93 bits per heavy atom. The molecule has 3 rings (SSSR count). The van der Waals surface area contributed by atoms with Crippen molar-refractivity contribution in [1.29, 1.82) is 0 Å². The predicted octanol–water partition coefficient (Wildman–Crippen LogP) is 3.25. The first kappa shape index (κ1) is 20.8. The topological polar surface area (TPSA) is 69.1 Å². The van der Waals surface area contributed by atoms with Gasteiger partial charge in [-0.25, -0.2) is 4.99 Å². The molecule has 6 heteroatoms. The second-order valence-corrected chi connectivity index (χ2v) is 7.95. The van der Waals surface area contributed by atoms with Crippen LogP contribution in [0, 0.1) is 0 Å². The van der Waals surface area contributed by atoms with Crippen molar-refractivity contribution in [2.75, 3.05) is 26.7 Å². The molecule has 0 bridgehead atoms. The number of methoxy groups -OCH3 is 1. The van der Waals surface area contributed by atoms with Gasteiger partial charge in [0.2, 0.25) is 0 Å². The van der Waals surface area contributed by atoms with Crippen LogP contribution in [-0.4, -0.2) is 54.8 Å². The van der Waals surface area contributed by atoms with Gasteiger partial charge in [0.1, 0.15) is 0 Å². The minimum atomic E-state index is 0.156. The van der Waals surface area contributed by atoms with E-state index in [2.05, 4.69) is 22.5 Å². The van der Waals surface area contributed by atoms with E-state index in [1.165, 1.54) is 58.0 Å². The molecule has 0 amide bonds. The van der Waals surface area contributed by atoms with Crippen LogP contribution in [0.1, 0.15) is 57.4 Å². The first-order valence-corrected chi connectivity index (χ1v) is 10.8. The quantitative estimate of drug-likeness (QED) is 0.516. The van der Waals surface area contributed by atoms with Gasteiger partial charge in [-0.2, -0.15) is 0 Å². The van der Waals surface area contributed by atoms with Crippen LogP contribution >= 0.6 is 0 Å². The van der Waals surface area contributed by atoms with E-state index >= 15 is 0 Å². The number of nitrogens with zero attached hydrogens (tertiary/aromatic N) is 2. The van der Waals surface area contributed by atoms with Gasteiger partial charge >= 0.3 is 0 Å². The van der Waals surface area contributed by atoms with Crippen molar-refractivity contribution in [3.8, 4) is 11.5 Å². The first-order chi connectivity index (χ1) is 13.7. The summed E-state index contributed by atoms with van der Waals surface area (Å²) in [7, 11) is 1.56. The molecule has 3 N–H and O–H groups in total. The Morgan fingerprint density at radius 3 is 2.57 bits per heavy atom. The van der Waals surface area contributed by atoms with E-state index < -0.39 is 0 Å². The van der Waals surface area contributed by atoms with Crippen LogP contribution in [0.5, 0.6) is 11.5 Å². The molecule has 0 atom stereocenters. The minimum absolute atomic E-state index is 0.156. The summed E-state index contributed by atoms with van der Waals surface area (Å²) in [6.07, 6.45) is 9.34. The maximum atomic E-state index is 9.94.